The maximum atomic E-state index is 9.35. The minimum Gasteiger partial charge on any atom is -0.473 e. The minimum absolute atomic E-state index is 0.139. The highest BCUT2D eigenvalue weighted by atomic mass is 16.5. The van der Waals surface area contributed by atoms with Crippen LogP contribution in [0.5, 0.6) is 5.88 Å². The number of pyridine rings is 1. The van der Waals surface area contributed by atoms with Crippen LogP contribution in [0, 0.1) is 22.7 Å². The summed E-state index contributed by atoms with van der Waals surface area (Å²) in [6.07, 6.45) is 10.2. The molecular weight excluding hydrogens is 290 g/mol. The second kappa shape index (κ2) is 6.85. The topological polar surface area (TPSA) is 95.5 Å². The Morgan fingerprint density at radius 1 is 0.957 bits per heavy atom. The van der Waals surface area contributed by atoms with E-state index >= 15 is 0 Å². The van der Waals surface area contributed by atoms with E-state index in [0.29, 0.717) is 28.4 Å². The van der Waals surface area contributed by atoms with Gasteiger partial charge in [0.05, 0.1) is 5.56 Å². The molecule has 2 aromatic rings. The highest BCUT2D eigenvalue weighted by Gasteiger charge is 2.18. The Bertz CT molecular complexity index is 767. The van der Waals surface area contributed by atoms with Crippen molar-refractivity contribution < 1.29 is 4.74 Å². The third kappa shape index (κ3) is 3.44. The number of hydrogen-bond acceptors (Lipinski definition) is 6. The van der Waals surface area contributed by atoms with Gasteiger partial charge in [-0.3, -0.25) is 0 Å². The summed E-state index contributed by atoms with van der Waals surface area (Å²) >= 11 is 0. The van der Waals surface area contributed by atoms with Crippen LogP contribution in [0.4, 0.5) is 0 Å². The number of rotatable bonds is 3. The Hall–Kier alpha value is -2.99. The first kappa shape index (κ1) is 14.9. The van der Waals surface area contributed by atoms with Crippen molar-refractivity contribution in [3.05, 3.63) is 35.8 Å². The van der Waals surface area contributed by atoms with Crippen LogP contribution in [-0.2, 0) is 0 Å². The molecule has 0 radical (unpaired) electrons. The van der Waals surface area contributed by atoms with Crippen molar-refractivity contribution >= 4 is 0 Å². The lowest BCUT2D eigenvalue weighted by Crippen LogP contribution is -2.20. The molecule has 0 atom stereocenters. The van der Waals surface area contributed by atoms with Gasteiger partial charge in [-0.2, -0.15) is 10.5 Å². The van der Waals surface area contributed by atoms with Gasteiger partial charge in [0.15, 0.2) is 5.82 Å². The normalized spacial score (nSPS) is 14.7. The van der Waals surface area contributed by atoms with Crippen LogP contribution in [0.3, 0.4) is 0 Å². The minimum atomic E-state index is 0.139. The summed E-state index contributed by atoms with van der Waals surface area (Å²) in [6.45, 7) is 0. The van der Waals surface area contributed by atoms with E-state index in [1.807, 2.05) is 6.07 Å². The largest absolute Gasteiger partial charge is 0.473 e. The molecule has 0 bridgehead atoms. The maximum absolute atomic E-state index is 9.35. The fourth-order valence-electron chi connectivity index (χ4n) is 2.62. The molecule has 0 spiro atoms. The van der Waals surface area contributed by atoms with Crippen LogP contribution in [0.15, 0.2) is 24.7 Å². The third-order valence-corrected chi connectivity index (χ3v) is 3.84. The summed E-state index contributed by atoms with van der Waals surface area (Å²) in [5, 5.41) is 18.1. The molecule has 0 aliphatic heterocycles. The molecule has 23 heavy (non-hydrogen) atoms. The summed E-state index contributed by atoms with van der Waals surface area (Å²) < 4.78 is 5.89. The lowest BCUT2D eigenvalue weighted by Gasteiger charge is -2.22. The van der Waals surface area contributed by atoms with E-state index in [9.17, 15) is 5.26 Å². The van der Waals surface area contributed by atoms with Gasteiger partial charge in [0.2, 0.25) is 5.88 Å². The van der Waals surface area contributed by atoms with Crippen LogP contribution < -0.4 is 4.74 Å². The summed E-state index contributed by atoms with van der Waals surface area (Å²) in [5.74, 6) is 0.800. The second-order valence-corrected chi connectivity index (χ2v) is 5.47. The van der Waals surface area contributed by atoms with Crippen LogP contribution in [-0.4, -0.2) is 21.1 Å². The number of ether oxygens (including phenoxy) is 1. The summed E-state index contributed by atoms with van der Waals surface area (Å²) in [5.41, 5.74) is 1.39. The zero-order chi connectivity index (χ0) is 16.1. The van der Waals surface area contributed by atoms with Gasteiger partial charge in [0, 0.05) is 24.2 Å². The van der Waals surface area contributed by atoms with Crippen molar-refractivity contribution in [2.45, 2.75) is 38.2 Å². The van der Waals surface area contributed by atoms with Crippen molar-refractivity contribution in [3.8, 4) is 29.4 Å². The molecule has 0 unspecified atom stereocenters. The molecule has 1 aliphatic carbocycles. The van der Waals surface area contributed by atoms with E-state index in [4.69, 9.17) is 10.00 Å². The van der Waals surface area contributed by atoms with Crippen molar-refractivity contribution in [2.24, 2.45) is 0 Å². The number of aromatic nitrogens is 3. The Labute approximate surface area is 134 Å². The highest BCUT2D eigenvalue weighted by molar-refractivity contribution is 5.58. The number of nitrogens with zero attached hydrogens (tertiary/aromatic N) is 5. The van der Waals surface area contributed by atoms with Crippen LogP contribution in [0.1, 0.15) is 43.2 Å². The first-order valence-electron chi connectivity index (χ1n) is 7.59. The summed E-state index contributed by atoms with van der Waals surface area (Å²) in [7, 11) is 0. The number of hydrogen-bond donors (Lipinski definition) is 0. The van der Waals surface area contributed by atoms with E-state index in [1.54, 1.807) is 12.3 Å². The molecule has 3 rings (SSSR count). The molecule has 6 nitrogen and oxygen atoms in total. The van der Waals surface area contributed by atoms with Gasteiger partial charge in [0.25, 0.3) is 0 Å². The fraction of sp³-hybridized carbons (Fsp3) is 0.353. The van der Waals surface area contributed by atoms with Gasteiger partial charge in [-0.1, -0.05) is 6.42 Å². The zero-order valence-corrected chi connectivity index (χ0v) is 12.6. The van der Waals surface area contributed by atoms with Gasteiger partial charge < -0.3 is 4.74 Å². The predicted octanol–water partition coefficient (Wildman–Crippen LogP) is 2.99. The molecule has 114 valence electrons. The average molecular weight is 305 g/mol. The molecule has 1 fully saturated rings. The molecule has 2 heterocycles. The second-order valence-electron chi connectivity index (χ2n) is 5.47. The standard InChI is InChI=1S/C17H15N5O/c18-7-12-9-20-16(21-10-12)14-6-13(8-19)17(22-11-14)23-15-4-2-1-3-5-15/h6,9-11,15H,1-5H2. The van der Waals surface area contributed by atoms with E-state index in [-0.39, 0.29) is 6.10 Å². The Balaban J connectivity index is 1.84. The first-order chi connectivity index (χ1) is 11.3. The van der Waals surface area contributed by atoms with Gasteiger partial charge >= 0.3 is 0 Å². The fourth-order valence-corrected chi connectivity index (χ4v) is 2.62. The predicted molar refractivity (Wildman–Crippen MR) is 82.2 cm³/mol. The third-order valence-electron chi connectivity index (χ3n) is 3.84. The SMILES string of the molecule is N#Cc1cnc(-c2cnc(OC3CCCCC3)c(C#N)c2)nc1. The van der Waals surface area contributed by atoms with Crippen molar-refractivity contribution in [2.75, 3.05) is 0 Å². The van der Waals surface area contributed by atoms with E-state index in [2.05, 4.69) is 21.0 Å². The molecule has 0 amide bonds. The zero-order valence-electron chi connectivity index (χ0n) is 12.6. The van der Waals surface area contributed by atoms with E-state index < -0.39 is 0 Å². The van der Waals surface area contributed by atoms with Crippen molar-refractivity contribution in [3.63, 3.8) is 0 Å². The summed E-state index contributed by atoms with van der Waals surface area (Å²) in [6, 6.07) is 5.77. The molecular formula is C17H15N5O. The van der Waals surface area contributed by atoms with E-state index in [1.165, 1.54) is 18.8 Å². The monoisotopic (exact) mass is 305 g/mol. The molecule has 6 heteroatoms. The lowest BCUT2D eigenvalue weighted by molar-refractivity contribution is 0.148. The Kier molecular flexibility index (Phi) is 4.44. The molecule has 0 saturated heterocycles. The molecule has 0 aromatic carbocycles. The Morgan fingerprint density at radius 3 is 2.35 bits per heavy atom. The van der Waals surface area contributed by atoms with E-state index in [0.717, 1.165) is 25.7 Å². The molecule has 0 N–H and O–H groups in total. The van der Waals surface area contributed by atoms with Crippen LogP contribution >= 0.6 is 0 Å². The van der Waals surface area contributed by atoms with Crippen molar-refractivity contribution in [1.82, 2.24) is 15.0 Å². The first-order valence-corrected chi connectivity index (χ1v) is 7.59. The van der Waals surface area contributed by atoms with Crippen molar-refractivity contribution in [1.29, 1.82) is 10.5 Å². The maximum Gasteiger partial charge on any atom is 0.231 e. The Morgan fingerprint density at radius 2 is 1.70 bits per heavy atom. The average Bonchev–Trinajstić information content (AvgIpc) is 2.63. The molecule has 2 aromatic heterocycles. The quantitative estimate of drug-likeness (QED) is 0.865. The van der Waals surface area contributed by atoms with Crippen LogP contribution in [0.25, 0.3) is 11.4 Å². The molecule has 1 saturated carbocycles. The van der Waals surface area contributed by atoms with Gasteiger partial charge in [-0.25, -0.2) is 15.0 Å². The van der Waals surface area contributed by atoms with Crippen LogP contribution in [0.2, 0.25) is 0 Å². The lowest BCUT2D eigenvalue weighted by atomic mass is 9.98. The van der Waals surface area contributed by atoms with Gasteiger partial charge in [-0.15, -0.1) is 0 Å². The smallest absolute Gasteiger partial charge is 0.231 e. The highest BCUT2D eigenvalue weighted by Crippen LogP contribution is 2.26. The summed E-state index contributed by atoms with van der Waals surface area (Å²) in [4.78, 5) is 12.5. The number of nitriles is 2. The van der Waals surface area contributed by atoms with Gasteiger partial charge in [0.1, 0.15) is 23.8 Å². The van der Waals surface area contributed by atoms with Gasteiger partial charge in [-0.05, 0) is 31.7 Å². The molecule has 1 aliphatic rings.